The van der Waals surface area contributed by atoms with Gasteiger partial charge in [-0.05, 0) is 30.7 Å². The highest BCUT2D eigenvalue weighted by Gasteiger charge is 2.05. The normalized spacial score (nSPS) is 11.4. The van der Waals surface area contributed by atoms with Gasteiger partial charge in [-0.3, -0.25) is 0 Å². The van der Waals surface area contributed by atoms with Crippen LogP contribution in [0.15, 0.2) is 24.3 Å². The van der Waals surface area contributed by atoms with Crippen molar-refractivity contribution in [1.29, 1.82) is 0 Å². The second-order valence-electron chi connectivity index (χ2n) is 2.87. The first-order valence-electron chi connectivity index (χ1n) is 3.94. The summed E-state index contributed by atoms with van der Waals surface area (Å²) in [6.07, 6.45) is 0.967. The summed E-state index contributed by atoms with van der Waals surface area (Å²) in [5.74, 6) is -1.17. The summed E-state index contributed by atoms with van der Waals surface area (Å²) in [7, 11) is 0. The summed E-state index contributed by atoms with van der Waals surface area (Å²) in [4.78, 5) is 10.4. The first kappa shape index (κ1) is 10.1. The molecule has 0 aliphatic heterocycles. The zero-order chi connectivity index (χ0) is 10.7. The Hall–Kier alpha value is -1.97. The number of hydrogen-bond donors (Lipinski definition) is 3. The van der Waals surface area contributed by atoms with Crippen LogP contribution in [0.3, 0.4) is 0 Å². The van der Waals surface area contributed by atoms with Crippen LogP contribution in [-0.4, -0.2) is 21.3 Å². The highest BCUT2D eigenvalue weighted by atomic mass is 16.4. The van der Waals surface area contributed by atoms with Crippen molar-refractivity contribution >= 4 is 11.5 Å². The first-order valence-corrected chi connectivity index (χ1v) is 3.94. The Bertz CT molecular complexity index is 393. The van der Waals surface area contributed by atoms with Gasteiger partial charge in [0, 0.05) is 11.6 Å². The van der Waals surface area contributed by atoms with Crippen LogP contribution in [0.5, 0.6) is 11.5 Å². The van der Waals surface area contributed by atoms with Gasteiger partial charge < -0.3 is 15.3 Å². The molecule has 0 aliphatic rings. The standard InChI is InChI=1S/C10H10O4/c1-6(4-10(13)14)8-5-7(11)2-3-9(8)12/h2-5,11-12H,1H3,(H,13,14)/b6-4-. The van der Waals surface area contributed by atoms with Crippen molar-refractivity contribution in [2.24, 2.45) is 0 Å². The molecule has 0 saturated heterocycles. The van der Waals surface area contributed by atoms with Crippen LogP contribution in [0.4, 0.5) is 0 Å². The molecule has 4 nitrogen and oxygen atoms in total. The monoisotopic (exact) mass is 194 g/mol. The highest BCUT2D eigenvalue weighted by Crippen LogP contribution is 2.28. The van der Waals surface area contributed by atoms with Crippen molar-refractivity contribution in [3.05, 3.63) is 29.8 Å². The maximum atomic E-state index is 10.4. The summed E-state index contributed by atoms with van der Waals surface area (Å²) >= 11 is 0. The summed E-state index contributed by atoms with van der Waals surface area (Å²) in [6, 6.07) is 3.95. The van der Waals surface area contributed by atoms with E-state index in [4.69, 9.17) is 10.2 Å². The number of allylic oxidation sites excluding steroid dienone is 1. The Morgan fingerprint density at radius 1 is 1.36 bits per heavy atom. The number of aromatic hydroxyl groups is 2. The summed E-state index contributed by atoms with van der Waals surface area (Å²) in [6.45, 7) is 1.54. The fraction of sp³-hybridized carbons (Fsp3) is 0.100. The lowest BCUT2D eigenvalue weighted by Crippen LogP contribution is -1.90. The van der Waals surface area contributed by atoms with Gasteiger partial charge in [0.05, 0.1) is 0 Å². The van der Waals surface area contributed by atoms with Crippen LogP contribution in [0, 0.1) is 0 Å². The molecule has 0 atom stereocenters. The van der Waals surface area contributed by atoms with Gasteiger partial charge in [0.15, 0.2) is 0 Å². The molecule has 0 spiro atoms. The van der Waals surface area contributed by atoms with Gasteiger partial charge in [-0.15, -0.1) is 0 Å². The quantitative estimate of drug-likeness (QED) is 0.493. The molecule has 0 fully saturated rings. The van der Waals surface area contributed by atoms with Gasteiger partial charge in [-0.25, -0.2) is 4.79 Å². The lowest BCUT2D eigenvalue weighted by Gasteiger charge is -2.04. The molecule has 0 amide bonds. The van der Waals surface area contributed by atoms with Gasteiger partial charge in [0.1, 0.15) is 11.5 Å². The number of carboxylic acid groups (broad SMARTS) is 1. The molecule has 1 aromatic carbocycles. The second kappa shape index (κ2) is 3.83. The molecule has 4 heteroatoms. The van der Waals surface area contributed by atoms with Gasteiger partial charge in [0.2, 0.25) is 0 Å². The molecule has 1 aromatic rings. The van der Waals surface area contributed by atoms with Crippen LogP contribution in [0.2, 0.25) is 0 Å². The average Bonchev–Trinajstić information content (AvgIpc) is 2.08. The van der Waals surface area contributed by atoms with E-state index in [1.165, 1.54) is 18.2 Å². The Labute approximate surface area is 80.7 Å². The van der Waals surface area contributed by atoms with E-state index in [1.54, 1.807) is 6.92 Å². The predicted octanol–water partition coefficient (Wildman–Crippen LogP) is 1.59. The van der Waals surface area contributed by atoms with Crippen LogP contribution in [-0.2, 0) is 4.79 Å². The molecular weight excluding hydrogens is 184 g/mol. The number of rotatable bonds is 2. The SMILES string of the molecule is C/C(=C/C(=O)O)c1cc(O)ccc1O. The smallest absolute Gasteiger partial charge is 0.328 e. The fourth-order valence-corrected chi connectivity index (χ4v) is 1.10. The van der Waals surface area contributed by atoms with E-state index in [2.05, 4.69) is 0 Å². The maximum Gasteiger partial charge on any atom is 0.328 e. The summed E-state index contributed by atoms with van der Waals surface area (Å²) in [5.41, 5.74) is 0.693. The number of carbonyl (C=O) groups is 1. The van der Waals surface area contributed by atoms with Crippen molar-refractivity contribution in [2.75, 3.05) is 0 Å². The van der Waals surface area contributed by atoms with E-state index in [1.807, 2.05) is 0 Å². The van der Waals surface area contributed by atoms with Crippen molar-refractivity contribution in [3.8, 4) is 11.5 Å². The largest absolute Gasteiger partial charge is 0.508 e. The number of phenolic OH excluding ortho intramolecular Hbond substituents is 2. The first-order chi connectivity index (χ1) is 6.50. The third kappa shape index (κ3) is 2.26. The average molecular weight is 194 g/mol. The molecule has 14 heavy (non-hydrogen) atoms. The van der Waals surface area contributed by atoms with Crippen molar-refractivity contribution in [1.82, 2.24) is 0 Å². The van der Waals surface area contributed by atoms with E-state index in [9.17, 15) is 9.90 Å². The van der Waals surface area contributed by atoms with E-state index in [-0.39, 0.29) is 11.5 Å². The van der Waals surface area contributed by atoms with Crippen molar-refractivity contribution < 1.29 is 20.1 Å². The zero-order valence-electron chi connectivity index (χ0n) is 7.56. The number of aliphatic carboxylic acids is 1. The summed E-state index contributed by atoms with van der Waals surface area (Å²) < 4.78 is 0. The number of phenols is 2. The fourth-order valence-electron chi connectivity index (χ4n) is 1.10. The molecule has 0 heterocycles. The molecule has 0 saturated carbocycles. The number of hydrogen-bond acceptors (Lipinski definition) is 3. The molecule has 0 bridgehead atoms. The molecule has 0 aliphatic carbocycles. The van der Waals surface area contributed by atoms with Crippen molar-refractivity contribution in [2.45, 2.75) is 6.92 Å². The molecule has 0 unspecified atom stereocenters. The molecule has 0 radical (unpaired) electrons. The van der Waals surface area contributed by atoms with Gasteiger partial charge in [-0.1, -0.05) is 0 Å². The third-order valence-electron chi connectivity index (χ3n) is 1.74. The van der Waals surface area contributed by atoms with E-state index >= 15 is 0 Å². The molecule has 0 aromatic heterocycles. The maximum absolute atomic E-state index is 10.4. The van der Waals surface area contributed by atoms with Crippen LogP contribution < -0.4 is 0 Å². The van der Waals surface area contributed by atoms with Gasteiger partial charge >= 0.3 is 5.97 Å². The Morgan fingerprint density at radius 2 is 2.00 bits per heavy atom. The molecule has 3 N–H and O–H groups in total. The van der Waals surface area contributed by atoms with E-state index in [0.717, 1.165) is 6.08 Å². The predicted molar refractivity (Wildman–Crippen MR) is 51.1 cm³/mol. The lowest BCUT2D eigenvalue weighted by atomic mass is 10.1. The van der Waals surface area contributed by atoms with Crippen LogP contribution >= 0.6 is 0 Å². The topological polar surface area (TPSA) is 77.8 Å². The lowest BCUT2D eigenvalue weighted by molar-refractivity contribution is -0.131. The minimum atomic E-state index is -1.09. The van der Waals surface area contributed by atoms with Crippen LogP contribution in [0.1, 0.15) is 12.5 Å². The molecule has 74 valence electrons. The number of carboxylic acids is 1. The summed E-state index contributed by atoms with van der Waals surface area (Å²) in [5, 5.41) is 27.0. The second-order valence-corrected chi connectivity index (χ2v) is 2.87. The van der Waals surface area contributed by atoms with Crippen molar-refractivity contribution in [3.63, 3.8) is 0 Å². The molecule has 1 rings (SSSR count). The Kier molecular flexibility index (Phi) is 2.76. The minimum Gasteiger partial charge on any atom is -0.508 e. The van der Waals surface area contributed by atoms with Gasteiger partial charge in [-0.2, -0.15) is 0 Å². The Morgan fingerprint density at radius 3 is 2.57 bits per heavy atom. The number of benzene rings is 1. The minimum absolute atomic E-state index is 0.0176. The third-order valence-corrected chi connectivity index (χ3v) is 1.74. The zero-order valence-corrected chi connectivity index (χ0v) is 7.56. The molecular formula is C10H10O4. The highest BCUT2D eigenvalue weighted by molar-refractivity contribution is 5.90. The Balaban J connectivity index is 3.18. The van der Waals surface area contributed by atoms with E-state index < -0.39 is 5.97 Å². The van der Waals surface area contributed by atoms with Crippen LogP contribution in [0.25, 0.3) is 5.57 Å². The van der Waals surface area contributed by atoms with Gasteiger partial charge in [0.25, 0.3) is 0 Å². The van der Waals surface area contributed by atoms with E-state index in [0.29, 0.717) is 11.1 Å².